The maximum absolute atomic E-state index is 13.4. The van der Waals surface area contributed by atoms with Gasteiger partial charge >= 0.3 is 11.9 Å². The molecule has 8 saturated carbocycles. The summed E-state index contributed by atoms with van der Waals surface area (Å²) in [5.41, 5.74) is 1.29. The highest BCUT2D eigenvalue weighted by Crippen LogP contribution is 2.70. The highest BCUT2D eigenvalue weighted by atomic mass is 79.9. The smallest absolute Gasteiger partial charge is 0.316 e. The number of aliphatic hydroxyl groups is 4. The quantitative estimate of drug-likeness (QED) is 0.0687. The molecule has 1 aromatic carbocycles. The van der Waals surface area contributed by atoms with Crippen LogP contribution in [-0.4, -0.2) is 91.5 Å². The number of benzene rings is 1. The molecular weight excluding hydrogens is 1070 g/mol. The molecule has 0 aliphatic heterocycles. The van der Waals surface area contributed by atoms with Crippen LogP contribution in [0.5, 0.6) is 0 Å². The van der Waals surface area contributed by atoms with Gasteiger partial charge in [0.1, 0.15) is 22.9 Å². The Morgan fingerprint density at radius 3 is 1.39 bits per heavy atom. The first-order valence-electron chi connectivity index (χ1n) is 29.0. The van der Waals surface area contributed by atoms with Crippen molar-refractivity contribution in [3.8, 4) is 0 Å². The van der Waals surface area contributed by atoms with Gasteiger partial charge in [-0.1, -0.05) is 97.7 Å². The molecule has 0 saturated heterocycles. The predicted octanol–water partition coefficient (Wildman–Crippen LogP) is 9.57. The first-order chi connectivity index (χ1) is 35.1. The minimum Gasteiger partial charge on any atom is -0.462 e. The number of carbonyl (C=O) groups excluding carboxylic acids is 4. The van der Waals surface area contributed by atoms with E-state index in [2.05, 4.69) is 84.0 Å². The van der Waals surface area contributed by atoms with Crippen LogP contribution in [0.15, 0.2) is 24.3 Å². The van der Waals surface area contributed by atoms with Crippen molar-refractivity contribution in [2.75, 3.05) is 10.7 Å². The van der Waals surface area contributed by atoms with Crippen molar-refractivity contribution in [3.05, 3.63) is 35.4 Å². The second-order valence-corrected chi connectivity index (χ2v) is 27.8. The lowest BCUT2D eigenvalue weighted by atomic mass is 9.43. The van der Waals surface area contributed by atoms with E-state index in [0.29, 0.717) is 51.6 Å². The van der Waals surface area contributed by atoms with Crippen LogP contribution in [0, 0.1) is 92.7 Å². The molecule has 0 bridgehead atoms. The van der Waals surface area contributed by atoms with E-state index in [-0.39, 0.29) is 139 Å². The summed E-state index contributed by atoms with van der Waals surface area (Å²) >= 11 is 6.44. The van der Waals surface area contributed by atoms with Gasteiger partial charge in [-0.15, -0.1) is 0 Å². The third-order valence-corrected chi connectivity index (χ3v) is 24.4. The fourth-order valence-corrected chi connectivity index (χ4v) is 19.7. The van der Waals surface area contributed by atoms with E-state index in [9.17, 15) is 39.6 Å². The summed E-state index contributed by atoms with van der Waals surface area (Å²) in [5.74, 6) is 2.21. The molecule has 414 valence electrons. The Kier molecular flexibility index (Phi) is 17.3. The summed E-state index contributed by atoms with van der Waals surface area (Å²) in [6.07, 6.45) is 12.0. The lowest BCUT2D eigenvalue weighted by Gasteiger charge is -2.63. The summed E-state index contributed by atoms with van der Waals surface area (Å²) in [7, 11) is 0. The zero-order valence-corrected chi connectivity index (χ0v) is 48.4. The number of hydrogen-bond donors (Lipinski definition) is 6. The van der Waals surface area contributed by atoms with Crippen LogP contribution in [-0.2, 0) is 41.7 Å². The van der Waals surface area contributed by atoms with Crippen LogP contribution in [0.2, 0.25) is 0 Å². The van der Waals surface area contributed by atoms with Crippen molar-refractivity contribution in [2.24, 2.45) is 92.7 Å². The molecule has 8 aliphatic carbocycles. The normalized spacial score (nSPS) is 43.9. The topological polar surface area (TPSA) is 192 Å². The van der Waals surface area contributed by atoms with Crippen LogP contribution in [0.25, 0.3) is 0 Å². The van der Waals surface area contributed by atoms with Gasteiger partial charge in [-0.2, -0.15) is 0 Å². The number of fused-ring (bicyclic) bond motifs is 10. The Balaban J connectivity index is 0.713. The summed E-state index contributed by atoms with van der Waals surface area (Å²) in [4.78, 5) is 50.9. The highest BCUT2D eigenvalue weighted by Gasteiger charge is 2.68. The van der Waals surface area contributed by atoms with Crippen molar-refractivity contribution >= 4 is 55.6 Å². The largest absolute Gasteiger partial charge is 0.462 e. The Hall–Kier alpha value is -2.10. The van der Waals surface area contributed by atoms with Crippen LogP contribution < -0.4 is 10.6 Å². The van der Waals surface area contributed by atoms with Crippen molar-refractivity contribution in [3.63, 3.8) is 0 Å². The molecule has 0 radical (unpaired) electrons. The second-order valence-electron chi connectivity index (χ2n) is 26.6. The Labute approximate surface area is 458 Å². The van der Waals surface area contributed by atoms with E-state index in [1.165, 1.54) is 0 Å². The fraction of sp³-hybridized carbons (Fsp3) is 0.833. The average molecular weight is 1160 g/mol. The Bertz CT molecular complexity index is 2050. The van der Waals surface area contributed by atoms with Crippen molar-refractivity contribution in [1.29, 1.82) is 0 Å². The summed E-state index contributed by atoms with van der Waals surface area (Å²) in [6, 6.07) is 8.01. The van der Waals surface area contributed by atoms with E-state index >= 15 is 0 Å². The van der Waals surface area contributed by atoms with Crippen molar-refractivity contribution < 1.29 is 49.1 Å². The van der Waals surface area contributed by atoms with E-state index in [1.54, 1.807) is 0 Å². The molecule has 14 heteroatoms. The molecule has 0 spiro atoms. The number of nitrogens with one attached hydrogen (secondary N) is 2. The number of rotatable bonds is 16. The second kappa shape index (κ2) is 22.6. The summed E-state index contributed by atoms with van der Waals surface area (Å²) in [6.45, 7) is 14.6. The molecule has 22 atom stereocenters. The molecule has 6 N–H and O–H groups in total. The number of carbonyl (C=O) groups is 4. The molecule has 0 heterocycles. The molecule has 0 aromatic heterocycles. The number of hydrogen-bond acceptors (Lipinski definition) is 10. The average Bonchev–Trinajstić information content (AvgIpc) is 3.93. The highest BCUT2D eigenvalue weighted by molar-refractivity contribution is 9.09. The van der Waals surface area contributed by atoms with Crippen LogP contribution >= 0.6 is 31.9 Å². The number of alkyl halides is 2. The molecule has 8 aliphatic rings. The lowest BCUT2D eigenvalue weighted by molar-refractivity contribution is -0.209. The van der Waals surface area contributed by atoms with Crippen LogP contribution in [0.1, 0.15) is 168 Å². The monoisotopic (exact) mass is 1160 g/mol. The molecule has 1 aromatic rings. The lowest BCUT2D eigenvalue weighted by Crippen LogP contribution is -2.62. The maximum atomic E-state index is 13.4. The first kappa shape index (κ1) is 56.6. The van der Waals surface area contributed by atoms with E-state index in [4.69, 9.17) is 9.47 Å². The predicted molar refractivity (Wildman–Crippen MR) is 290 cm³/mol. The number of amides is 2. The molecule has 12 nitrogen and oxygen atoms in total. The van der Waals surface area contributed by atoms with E-state index in [1.807, 2.05) is 24.3 Å². The zero-order chi connectivity index (χ0) is 53.1. The molecular formula is C60H90Br2N2O10. The molecule has 9 rings (SSSR count). The van der Waals surface area contributed by atoms with Gasteiger partial charge in [-0.3, -0.25) is 19.2 Å². The van der Waals surface area contributed by atoms with Gasteiger partial charge in [0.15, 0.2) is 0 Å². The number of ether oxygens (including phenoxy) is 2. The third-order valence-electron chi connectivity index (χ3n) is 23.4. The van der Waals surface area contributed by atoms with Crippen LogP contribution in [0.3, 0.4) is 0 Å². The SMILES string of the molecule is C[C@H](CCC(=O)NCc1cccc(CNC(=O)CC[C@@H](C)[C@H]2CC[C@H]3[C@@H]4[C@H](O)C[C@@H]5C[C@H](OC(=O)CBr)CC[C@]5(C)[C@H]4C[C@H](O)[C@]23C)c1)[C@H]1CC[C@H]2[C@@H]3[C@H](O)C[C@@H]4C[C@H](OC(=O)CBr)CC[C@]4(C)[C@H]3C[C@H](O)[C@]12C. The molecule has 74 heavy (non-hydrogen) atoms. The Morgan fingerprint density at radius 2 is 1.00 bits per heavy atom. The van der Waals surface area contributed by atoms with Crippen molar-refractivity contribution in [2.45, 2.75) is 207 Å². The van der Waals surface area contributed by atoms with Crippen LogP contribution in [0.4, 0.5) is 0 Å². The standard InChI is InChI=1S/C60H90Br2N2O10/c1-33(41-12-14-43-55-45(27-49(67)59(41,43)5)57(3)20-18-39(73-53(71)29-61)23-37(57)25-47(55)65)10-16-51(69)63-31-35-8-7-9-36(22-35)32-64-52(70)17-11-34(2)42-13-15-44-56-46(28-50(68)60(42,44)6)58(4)21-19-40(74-54(72)30-62)24-38(58)26-48(56)66/h7-9,22,33-34,37-50,55-56,65-68H,10-21,23-32H2,1-6H3,(H,63,69)(H,64,70)/t33-,34-,37+,38+,39-,40-,41-,42-,43+,44+,45+,46+,47-,48-,49+,50+,55+,56+,57+,58+,59-,60-/m1/s1. The fourth-order valence-electron chi connectivity index (χ4n) is 19.4. The van der Waals surface area contributed by atoms with Gasteiger partial charge in [0.05, 0.1) is 24.4 Å². The minimum atomic E-state index is -0.474. The number of esters is 2. The number of halogens is 2. The Morgan fingerprint density at radius 1 is 0.595 bits per heavy atom. The maximum Gasteiger partial charge on any atom is 0.316 e. The molecule has 2 amide bonds. The van der Waals surface area contributed by atoms with Gasteiger partial charge in [-0.25, -0.2) is 0 Å². The number of aliphatic hydroxyl groups excluding tert-OH is 4. The third kappa shape index (κ3) is 10.5. The van der Waals surface area contributed by atoms with Crippen molar-refractivity contribution in [1.82, 2.24) is 10.6 Å². The first-order valence-corrected chi connectivity index (χ1v) is 31.2. The van der Waals surface area contributed by atoms with Gasteiger partial charge < -0.3 is 40.5 Å². The molecule has 0 unspecified atom stereocenters. The zero-order valence-electron chi connectivity index (χ0n) is 45.3. The van der Waals surface area contributed by atoms with Gasteiger partial charge in [0.2, 0.25) is 11.8 Å². The summed E-state index contributed by atoms with van der Waals surface area (Å²) in [5, 5.41) is 54.6. The summed E-state index contributed by atoms with van der Waals surface area (Å²) < 4.78 is 11.5. The molecule has 8 fully saturated rings. The van der Waals surface area contributed by atoms with Gasteiger partial charge in [-0.05, 0) is 207 Å². The van der Waals surface area contributed by atoms with E-state index in [0.717, 1.165) is 88.2 Å². The van der Waals surface area contributed by atoms with Gasteiger partial charge in [0.25, 0.3) is 0 Å². The van der Waals surface area contributed by atoms with E-state index < -0.39 is 24.4 Å². The minimum absolute atomic E-state index is 0.00235. The van der Waals surface area contributed by atoms with Gasteiger partial charge in [0, 0.05) is 25.9 Å².